The van der Waals surface area contributed by atoms with Gasteiger partial charge < -0.3 is 10.9 Å². The van der Waals surface area contributed by atoms with Crippen LogP contribution in [0.2, 0.25) is 0 Å². The minimum absolute atomic E-state index is 0.133. The second kappa shape index (κ2) is 6.63. The van der Waals surface area contributed by atoms with Crippen molar-refractivity contribution in [2.75, 3.05) is 0 Å². The number of aromatic nitrogens is 1. The molecule has 3 N–H and O–H groups in total. The summed E-state index contributed by atoms with van der Waals surface area (Å²) in [5, 5.41) is 12.8. The van der Waals surface area contributed by atoms with E-state index in [0.29, 0.717) is 0 Å². The summed E-state index contributed by atoms with van der Waals surface area (Å²) < 4.78 is 0. The summed E-state index contributed by atoms with van der Waals surface area (Å²) in [6, 6.07) is 9.98. The summed E-state index contributed by atoms with van der Waals surface area (Å²) >= 11 is 1.71. The minimum atomic E-state index is 0.133. The zero-order chi connectivity index (χ0) is 15.4. The smallest absolute Gasteiger partial charge is 0.170 e. The van der Waals surface area contributed by atoms with Gasteiger partial charge in [0.2, 0.25) is 0 Å². The van der Waals surface area contributed by atoms with E-state index in [9.17, 15) is 0 Å². The average Bonchev–Trinajstić information content (AvgIpc) is 2.44. The molecule has 0 atom stereocenters. The number of nitrogens with zero attached hydrogens (tertiary/aromatic N) is 2. The zero-order valence-electron chi connectivity index (χ0n) is 12.4. The predicted molar refractivity (Wildman–Crippen MR) is 87.0 cm³/mol. The highest BCUT2D eigenvalue weighted by atomic mass is 32.2. The molecule has 0 amide bonds. The number of nitrogens with two attached hydrogens (primary N) is 1. The molecule has 5 heteroatoms. The number of pyridine rings is 1. The largest absolute Gasteiger partial charge is 0.409 e. The van der Waals surface area contributed by atoms with Gasteiger partial charge in [0.1, 0.15) is 0 Å². The van der Waals surface area contributed by atoms with E-state index in [0.717, 1.165) is 27.6 Å². The number of aryl methyl sites for hydroxylation is 3. The molecular weight excluding hydrogens is 282 g/mol. The molecule has 0 aliphatic rings. The summed E-state index contributed by atoms with van der Waals surface area (Å²) in [5.41, 5.74) is 10.9. The van der Waals surface area contributed by atoms with Gasteiger partial charge in [-0.1, -0.05) is 17.3 Å². The molecule has 1 heterocycles. The van der Waals surface area contributed by atoms with Crippen LogP contribution in [0.1, 0.15) is 27.9 Å². The van der Waals surface area contributed by atoms with Crippen LogP contribution in [0, 0.1) is 20.8 Å². The van der Waals surface area contributed by atoms with Crippen molar-refractivity contribution in [2.45, 2.75) is 31.6 Å². The summed E-state index contributed by atoms with van der Waals surface area (Å²) in [6.45, 7) is 6.11. The Balaban J connectivity index is 2.13. The second-order valence-electron chi connectivity index (χ2n) is 5.04. The van der Waals surface area contributed by atoms with Gasteiger partial charge in [-0.25, -0.2) is 4.98 Å². The fourth-order valence-corrected chi connectivity index (χ4v) is 3.21. The van der Waals surface area contributed by atoms with Crippen LogP contribution in [-0.2, 0) is 5.75 Å². The van der Waals surface area contributed by atoms with Crippen LogP contribution < -0.4 is 5.73 Å². The van der Waals surface area contributed by atoms with Gasteiger partial charge in [-0.15, -0.1) is 11.8 Å². The molecule has 21 heavy (non-hydrogen) atoms. The zero-order valence-corrected chi connectivity index (χ0v) is 13.2. The number of benzene rings is 1. The Bertz CT molecular complexity index is 663. The van der Waals surface area contributed by atoms with Gasteiger partial charge in [-0.2, -0.15) is 0 Å². The molecule has 1 aromatic carbocycles. The Kier molecular flexibility index (Phi) is 4.85. The van der Waals surface area contributed by atoms with Crippen molar-refractivity contribution < 1.29 is 5.21 Å². The van der Waals surface area contributed by atoms with Crippen molar-refractivity contribution in [1.82, 2.24) is 4.98 Å². The third kappa shape index (κ3) is 3.98. The second-order valence-corrected chi connectivity index (χ2v) is 6.03. The van der Waals surface area contributed by atoms with E-state index in [1.165, 1.54) is 11.1 Å². The number of rotatable bonds is 4. The third-order valence-corrected chi connectivity index (χ3v) is 4.16. The highest BCUT2D eigenvalue weighted by Gasteiger charge is 2.05. The monoisotopic (exact) mass is 301 g/mol. The number of hydrogen-bond donors (Lipinski definition) is 2. The van der Waals surface area contributed by atoms with Crippen LogP contribution in [0.25, 0.3) is 0 Å². The summed E-state index contributed by atoms with van der Waals surface area (Å²) in [4.78, 5) is 4.53. The molecule has 110 valence electrons. The Morgan fingerprint density at radius 3 is 2.62 bits per heavy atom. The van der Waals surface area contributed by atoms with Gasteiger partial charge >= 0.3 is 0 Å². The highest BCUT2D eigenvalue weighted by molar-refractivity contribution is 7.98. The fourth-order valence-electron chi connectivity index (χ4n) is 2.10. The molecule has 1 aromatic heterocycles. The first kappa shape index (κ1) is 15.4. The van der Waals surface area contributed by atoms with Gasteiger partial charge in [0.15, 0.2) is 5.84 Å². The first-order valence-corrected chi connectivity index (χ1v) is 7.63. The van der Waals surface area contributed by atoms with Gasteiger partial charge in [0.25, 0.3) is 0 Å². The maximum Gasteiger partial charge on any atom is 0.170 e. The fraction of sp³-hybridized carbons (Fsp3) is 0.250. The predicted octanol–water partition coefficient (Wildman–Crippen LogP) is 3.39. The Morgan fingerprint density at radius 1 is 1.24 bits per heavy atom. The lowest BCUT2D eigenvalue weighted by molar-refractivity contribution is 0.318. The lowest BCUT2D eigenvalue weighted by Gasteiger charge is -2.08. The number of thioether (sulfide) groups is 1. The van der Waals surface area contributed by atoms with Crippen molar-refractivity contribution >= 4 is 17.6 Å². The van der Waals surface area contributed by atoms with Crippen molar-refractivity contribution in [3.8, 4) is 0 Å². The first-order valence-electron chi connectivity index (χ1n) is 6.65. The van der Waals surface area contributed by atoms with Crippen LogP contribution in [-0.4, -0.2) is 16.0 Å². The van der Waals surface area contributed by atoms with Crippen molar-refractivity contribution in [2.24, 2.45) is 10.9 Å². The van der Waals surface area contributed by atoms with E-state index < -0.39 is 0 Å². The summed E-state index contributed by atoms with van der Waals surface area (Å²) in [6.07, 6.45) is 0. The molecular formula is C16H19N3OS. The Labute approximate surface area is 129 Å². The number of amidine groups is 1. The SMILES string of the molecule is Cc1cc(C)nc(SCc2ccc(/C(N)=N/O)cc2C)c1. The van der Waals surface area contributed by atoms with Gasteiger partial charge in [-0.3, -0.25) is 0 Å². The Morgan fingerprint density at radius 2 is 2.00 bits per heavy atom. The maximum absolute atomic E-state index is 8.70. The molecule has 0 saturated heterocycles. The highest BCUT2D eigenvalue weighted by Crippen LogP contribution is 2.24. The molecule has 0 aliphatic carbocycles. The quantitative estimate of drug-likeness (QED) is 0.298. The van der Waals surface area contributed by atoms with E-state index in [2.05, 4.69) is 29.2 Å². The van der Waals surface area contributed by atoms with Crippen LogP contribution in [0.15, 0.2) is 40.5 Å². The van der Waals surface area contributed by atoms with E-state index in [4.69, 9.17) is 10.9 Å². The summed E-state index contributed by atoms with van der Waals surface area (Å²) in [5.74, 6) is 0.978. The van der Waals surface area contributed by atoms with Crippen molar-refractivity contribution in [3.63, 3.8) is 0 Å². The van der Waals surface area contributed by atoms with E-state index in [-0.39, 0.29) is 5.84 Å². The average molecular weight is 301 g/mol. The molecule has 0 bridgehead atoms. The topological polar surface area (TPSA) is 71.5 Å². The molecule has 4 nitrogen and oxygen atoms in total. The summed E-state index contributed by atoms with van der Waals surface area (Å²) in [7, 11) is 0. The molecule has 0 aliphatic heterocycles. The molecule has 2 rings (SSSR count). The van der Waals surface area contributed by atoms with Gasteiger partial charge in [-0.05, 0) is 55.7 Å². The molecule has 0 radical (unpaired) electrons. The number of oxime groups is 1. The lowest BCUT2D eigenvalue weighted by Crippen LogP contribution is -2.13. The molecule has 0 unspecified atom stereocenters. The van der Waals surface area contributed by atoms with Crippen LogP contribution in [0.4, 0.5) is 0 Å². The first-order chi connectivity index (χ1) is 9.99. The van der Waals surface area contributed by atoms with E-state index in [1.54, 1.807) is 11.8 Å². The van der Waals surface area contributed by atoms with Crippen LogP contribution >= 0.6 is 11.8 Å². The molecule has 0 spiro atoms. The minimum Gasteiger partial charge on any atom is -0.409 e. The van der Waals surface area contributed by atoms with E-state index in [1.807, 2.05) is 32.0 Å². The Hall–Kier alpha value is -2.01. The lowest BCUT2D eigenvalue weighted by atomic mass is 10.1. The van der Waals surface area contributed by atoms with Crippen LogP contribution in [0.5, 0.6) is 0 Å². The van der Waals surface area contributed by atoms with Crippen molar-refractivity contribution in [3.05, 3.63) is 58.3 Å². The maximum atomic E-state index is 8.70. The van der Waals surface area contributed by atoms with Gasteiger partial charge in [0, 0.05) is 17.0 Å². The van der Waals surface area contributed by atoms with Crippen LogP contribution in [0.3, 0.4) is 0 Å². The van der Waals surface area contributed by atoms with Crippen molar-refractivity contribution in [1.29, 1.82) is 0 Å². The normalized spacial score (nSPS) is 11.7. The molecule has 0 saturated carbocycles. The standard InChI is InChI=1S/C16H19N3OS/c1-10-6-12(3)18-15(7-10)21-9-14-5-4-13(8-11(14)2)16(17)19-20/h4-8,20H,9H2,1-3H3,(H2,17,19). The molecule has 0 fully saturated rings. The molecule has 2 aromatic rings. The third-order valence-electron chi connectivity index (χ3n) is 3.20. The van der Waals surface area contributed by atoms with Gasteiger partial charge in [0.05, 0.1) is 5.03 Å². The number of hydrogen-bond acceptors (Lipinski definition) is 4. The van der Waals surface area contributed by atoms with E-state index >= 15 is 0 Å².